The van der Waals surface area contributed by atoms with Crippen molar-refractivity contribution in [1.82, 2.24) is 4.90 Å². The quantitative estimate of drug-likeness (QED) is 0.854. The van der Waals surface area contributed by atoms with E-state index in [-0.39, 0.29) is 11.8 Å². The van der Waals surface area contributed by atoms with Crippen LogP contribution in [0.5, 0.6) is 0 Å². The number of hydrogen-bond acceptors (Lipinski definition) is 2. The van der Waals surface area contributed by atoms with Crippen LogP contribution in [-0.2, 0) is 9.59 Å². The normalized spacial score (nSPS) is 30.0. The Morgan fingerprint density at radius 3 is 2.05 bits per heavy atom. The van der Waals surface area contributed by atoms with Crippen LogP contribution in [0.1, 0.15) is 46.5 Å². The zero-order chi connectivity index (χ0) is 14.2. The molecule has 1 aliphatic heterocycles. The number of piperidine rings is 1. The van der Waals surface area contributed by atoms with Gasteiger partial charge in [-0.1, -0.05) is 20.8 Å². The zero-order valence-electron chi connectivity index (χ0n) is 12.2. The van der Waals surface area contributed by atoms with Gasteiger partial charge in [0.1, 0.15) is 0 Å². The molecule has 4 heteroatoms. The van der Waals surface area contributed by atoms with Crippen molar-refractivity contribution < 1.29 is 14.7 Å². The predicted octanol–water partition coefficient (Wildman–Crippen LogP) is 2.38. The summed E-state index contributed by atoms with van der Waals surface area (Å²) in [7, 11) is 0. The van der Waals surface area contributed by atoms with Gasteiger partial charge < -0.3 is 10.0 Å². The summed E-state index contributed by atoms with van der Waals surface area (Å²) in [6.07, 6.45) is 3.46. The first-order valence-corrected chi connectivity index (χ1v) is 7.37. The highest BCUT2D eigenvalue weighted by Gasteiger charge is 2.44. The Hall–Kier alpha value is -1.06. The van der Waals surface area contributed by atoms with E-state index in [1.54, 1.807) is 0 Å². The Labute approximate surface area is 115 Å². The lowest BCUT2D eigenvalue weighted by molar-refractivity contribution is -0.157. The molecule has 1 N–H and O–H groups in total. The maximum Gasteiger partial charge on any atom is 0.307 e. The van der Waals surface area contributed by atoms with E-state index in [0.29, 0.717) is 17.8 Å². The molecule has 1 saturated heterocycles. The number of likely N-dealkylation sites (tertiary alicyclic amines) is 1. The summed E-state index contributed by atoms with van der Waals surface area (Å²) in [5.41, 5.74) is 0.322. The number of hydrogen-bond donors (Lipinski definition) is 1. The lowest BCUT2D eigenvalue weighted by Gasteiger charge is -2.44. The number of nitrogens with zero attached hydrogens (tertiary/aromatic N) is 1. The van der Waals surface area contributed by atoms with Gasteiger partial charge in [0.15, 0.2) is 0 Å². The fourth-order valence-corrected chi connectivity index (χ4v) is 3.14. The van der Waals surface area contributed by atoms with Gasteiger partial charge in [0.25, 0.3) is 0 Å². The van der Waals surface area contributed by atoms with Gasteiger partial charge in [0, 0.05) is 13.1 Å². The number of aliphatic carboxylic acids is 1. The molecule has 0 spiro atoms. The maximum atomic E-state index is 12.3. The van der Waals surface area contributed by atoms with E-state index in [1.165, 1.54) is 0 Å². The highest BCUT2D eigenvalue weighted by atomic mass is 16.4. The highest BCUT2D eigenvalue weighted by Crippen LogP contribution is 2.40. The van der Waals surface area contributed by atoms with Gasteiger partial charge in [-0.15, -0.1) is 0 Å². The zero-order valence-corrected chi connectivity index (χ0v) is 12.2. The SMILES string of the molecule is CC(C)C1(C)CCN(C(=O)C2CCC2C(=O)O)CC1. The predicted molar refractivity (Wildman–Crippen MR) is 72.6 cm³/mol. The average molecular weight is 267 g/mol. The van der Waals surface area contributed by atoms with Crippen molar-refractivity contribution in [3.63, 3.8) is 0 Å². The van der Waals surface area contributed by atoms with E-state index in [0.717, 1.165) is 32.4 Å². The monoisotopic (exact) mass is 267 g/mol. The molecule has 2 rings (SSSR count). The molecule has 2 atom stereocenters. The van der Waals surface area contributed by atoms with E-state index < -0.39 is 11.9 Å². The van der Waals surface area contributed by atoms with Crippen LogP contribution in [0.25, 0.3) is 0 Å². The topological polar surface area (TPSA) is 57.6 Å². The third-order valence-corrected chi connectivity index (χ3v) is 5.52. The Balaban J connectivity index is 1.91. The number of carboxylic acid groups (broad SMARTS) is 1. The molecule has 1 amide bonds. The molecule has 0 aromatic rings. The molecule has 0 bridgehead atoms. The molecule has 19 heavy (non-hydrogen) atoms. The van der Waals surface area contributed by atoms with Crippen LogP contribution < -0.4 is 0 Å². The van der Waals surface area contributed by atoms with Crippen molar-refractivity contribution in [1.29, 1.82) is 0 Å². The van der Waals surface area contributed by atoms with Gasteiger partial charge in [-0.3, -0.25) is 9.59 Å². The minimum absolute atomic E-state index is 0.0736. The van der Waals surface area contributed by atoms with E-state index in [2.05, 4.69) is 20.8 Å². The molecule has 0 aromatic heterocycles. The summed E-state index contributed by atoms with van der Waals surface area (Å²) < 4.78 is 0. The summed E-state index contributed by atoms with van der Waals surface area (Å²) >= 11 is 0. The third kappa shape index (κ3) is 2.63. The fraction of sp³-hybridized carbons (Fsp3) is 0.867. The second kappa shape index (κ2) is 5.14. The van der Waals surface area contributed by atoms with Crippen molar-refractivity contribution in [2.24, 2.45) is 23.2 Å². The van der Waals surface area contributed by atoms with E-state index in [1.807, 2.05) is 4.90 Å². The second-order valence-corrected chi connectivity index (χ2v) is 6.76. The van der Waals surface area contributed by atoms with Crippen LogP contribution in [0.2, 0.25) is 0 Å². The molecule has 2 aliphatic rings. The molecule has 1 aliphatic carbocycles. The van der Waals surface area contributed by atoms with Gasteiger partial charge in [-0.25, -0.2) is 0 Å². The molecule has 2 unspecified atom stereocenters. The van der Waals surface area contributed by atoms with Gasteiger partial charge in [0.2, 0.25) is 5.91 Å². The number of carbonyl (C=O) groups excluding carboxylic acids is 1. The Morgan fingerprint density at radius 2 is 1.68 bits per heavy atom. The van der Waals surface area contributed by atoms with Crippen LogP contribution in [0.4, 0.5) is 0 Å². The van der Waals surface area contributed by atoms with Gasteiger partial charge in [-0.2, -0.15) is 0 Å². The largest absolute Gasteiger partial charge is 0.481 e. The van der Waals surface area contributed by atoms with Crippen molar-refractivity contribution >= 4 is 11.9 Å². The second-order valence-electron chi connectivity index (χ2n) is 6.76. The summed E-state index contributed by atoms with van der Waals surface area (Å²) in [4.78, 5) is 25.2. The van der Waals surface area contributed by atoms with E-state index in [9.17, 15) is 9.59 Å². The van der Waals surface area contributed by atoms with Crippen LogP contribution in [0.3, 0.4) is 0 Å². The van der Waals surface area contributed by atoms with Crippen LogP contribution >= 0.6 is 0 Å². The van der Waals surface area contributed by atoms with Crippen molar-refractivity contribution in [2.45, 2.75) is 46.5 Å². The molecule has 1 saturated carbocycles. The Bertz CT molecular complexity index is 370. The summed E-state index contributed by atoms with van der Waals surface area (Å²) in [5.74, 6) is -0.815. The summed E-state index contributed by atoms with van der Waals surface area (Å²) in [6.45, 7) is 8.35. The summed E-state index contributed by atoms with van der Waals surface area (Å²) in [5, 5.41) is 9.04. The first-order valence-electron chi connectivity index (χ1n) is 7.37. The maximum absolute atomic E-state index is 12.3. The number of carbonyl (C=O) groups is 2. The van der Waals surface area contributed by atoms with Crippen LogP contribution in [-0.4, -0.2) is 35.0 Å². The first-order chi connectivity index (χ1) is 8.85. The van der Waals surface area contributed by atoms with Crippen molar-refractivity contribution in [3.8, 4) is 0 Å². The lowest BCUT2D eigenvalue weighted by atomic mass is 9.70. The van der Waals surface area contributed by atoms with Crippen molar-refractivity contribution in [2.75, 3.05) is 13.1 Å². The third-order valence-electron chi connectivity index (χ3n) is 5.52. The molecule has 1 heterocycles. The Morgan fingerprint density at radius 1 is 1.16 bits per heavy atom. The van der Waals surface area contributed by atoms with E-state index >= 15 is 0 Å². The average Bonchev–Trinajstić information content (AvgIpc) is 2.27. The van der Waals surface area contributed by atoms with Gasteiger partial charge in [0.05, 0.1) is 11.8 Å². The van der Waals surface area contributed by atoms with Gasteiger partial charge in [-0.05, 0) is 37.0 Å². The van der Waals surface area contributed by atoms with E-state index in [4.69, 9.17) is 5.11 Å². The minimum atomic E-state index is -0.811. The molecule has 4 nitrogen and oxygen atoms in total. The molecular formula is C15H25NO3. The molecule has 0 aromatic carbocycles. The first kappa shape index (κ1) is 14.4. The Kier molecular flexibility index (Phi) is 3.88. The molecule has 2 fully saturated rings. The molecule has 0 radical (unpaired) electrons. The standard InChI is InChI=1S/C15H25NO3/c1-10(2)15(3)6-8-16(9-7-15)13(17)11-4-5-12(11)14(18)19/h10-12H,4-9H2,1-3H3,(H,18,19). The smallest absolute Gasteiger partial charge is 0.307 e. The minimum Gasteiger partial charge on any atom is -0.481 e. The van der Waals surface area contributed by atoms with Crippen LogP contribution in [0, 0.1) is 23.2 Å². The van der Waals surface area contributed by atoms with Gasteiger partial charge >= 0.3 is 5.97 Å². The number of carboxylic acids is 1. The fourth-order valence-electron chi connectivity index (χ4n) is 3.14. The van der Waals surface area contributed by atoms with Crippen LogP contribution in [0.15, 0.2) is 0 Å². The highest BCUT2D eigenvalue weighted by molar-refractivity contribution is 5.86. The summed E-state index contributed by atoms with van der Waals surface area (Å²) in [6, 6.07) is 0. The lowest BCUT2D eigenvalue weighted by Crippen LogP contribution is -2.50. The number of amides is 1. The number of rotatable bonds is 3. The van der Waals surface area contributed by atoms with Crippen molar-refractivity contribution in [3.05, 3.63) is 0 Å². The molecular weight excluding hydrogens is 242 g/mol. The molecule has 108 valence electrons.